The molecule has 0 atom stereocenters. The van der Waals surface area contributed by atoms with E-state index in [9.17, 15) is 9.59 Å². The van der Waals surface area contributed by atoms with Crippen molar-refractivity contribution in [1.29, 1.82) is 0 Å². The predicted molar refractivity (Wildman–Crippen MR) is 106 cm³/mol. The van der Waals surface area contributed by atoms with E-state index in [1.54, 1.807) is 10.3 Å². The number of benzene rings is 1. The third kappa shape index (κ3) is 4.86. The average molecular weight is 388 g/mol. The highest BCUT2D eigenvalue weighted by atomic mass is 32.1. The normalized spacial score (nSPS) is 13.3. The first-order valence-corrected chi connectivity index (χ1v) is 10.2. The van der Waals surface area contributed by atoms with Crippen molar-refractivity contribution in [3.63, 3.8) is 0 Å². The first-order valence-electron chi connectivity index (χ1n) is 9.35. The number of ether oxygens (including phenoxy) is 1. The Morgan fingerprint density at radius 1 is 1.33 bits per heavy atom. The van der Waals surface area contributed by atoms with Gasteiger partial charge >= 0.3 is 0 Å². The second kappa shape index (κ2) is 8.99. The van der Waals surface area contributed by atoms with Crippen molar-refractivity contribution < 1.29 is 14.3 Å². The predicted octanol–water partition coefficient (Wildman–Crippen LogP) is 3.69. The molecule has 3 rings (SSSR count). The van der Waals surface area contributed by atoms with E-state index in [1.807, 2.05) is 25.1 Å². The van der Waals surface area contributed by atoms with Gasteiger partial charge in [-0.05, 0) is 31.0 Å². The van der Waals surface area contributed by atoms with Gasteiger partial charge in [-0.1, -0.05) is 32.3 Å². The fraction of sp³-hybridized carbons (Fsp3) is 0.450. The number of hydrogen-bond donors (Lipinski definition) is 1. The molecule has 0 radical (unpaired) electrons. The molecule has 2 heterocycles. The van der Waals surface area contributed by atoms with Gasteiger partial charge in [-0.3, -0.25) is 14.5 Å². The number of fused-ring (bicyclic) bond motifs is 1. The zero-order valence-electron chi connectivity index (χ0n) is 15.8. The highest BCUT2D eigenvalue weighted by molar-refractivity contribution is 7.09. The largest absolute Gasteiger partial charge is 0.482 e. The van der Waals surface area contributed by atoms with Crippen LogP contribution >= 0.6 is 11.3 Å². The number of nitrogens with one attached hydrogen (secondary N) is 1. The molecular weight excluding hydrogens is 362 g/mol. The zero-order valence-corrected chi connectivity index (χ0v) is 16.6. The molecule has 0 fully saturated rings. The van der Waals surface area contributed by atoms with Crippen LogP contribution in [0.1, 0.15) is 53.7 Å². The van der Waals surface area contributed by atoms with Gasteiger partial charge in [0.25, 0.3) is 11.8 Å². The van der Waals surface area contributed by atoms with Crippen molar-refractivity contribution in [3.05, 3.63) is 39.8 Å². The Morgan fingerprint density at radius 3 is 3.00 bits per heavy atom. The van der Waals surface area contributed by atoms with Gasteiger partial charge < -0.3 is 10.1 Å². The number of carbonyl (C=O) groups excluding carboxylic acids is 2. The first-order chi connectivity index (χ1) is 13.1. The maximum atomic E-state index is 12.3. The van der Waals surface area contributed by atoms with Crippen LogP contribution in [0, 0.1) is 6.92 Å². The molecule has 1 N–H and O–H groups in total. The Balaban J connectivity index is 1.62. The third-order valence-electron chi connectivity index (χ3n) is 4.45. The molecule has 2 amide bonds. The molecular formula is C20H25N3O3S. The van der Waals surface area contributed by atoms with E-state index < -0.39 is 0 Å². The smallest absolute Gasteiger partial charge is 0.270 e. The molecule has 7 heteroatoms. The third-order valence-corrected chi connectivity index (χ3v) is 5.29. The summed E-state index contributed by atoms with van der Waals surface area (Å²) in [7, 11) is 0. The second-order valence-electron chi connectivity index (χ2n) is 6.68. The van der Waals surface area contributed by atoms with Crippen LogP contribution in [0.4, 0.5) is 5.69 Å². The maximum Gasteiger partial charge on any atom is 0.270 e. The number of carbonyl (C=O) groups is 2. The van der Waals surface area contributed by atoms with Crippen LogP contribution in [0.15, 0.2) is 23.6 Å². The Kier molecular flexibility index (Phi) is 6.45. The van der Waals surface area contributed by atoms with E-state index in [0.29, 0.717) is 24.5 Å². The molecule has 0 unspecified atom stereocenters. The number of amides is 2. The molecule has 2 aromatic rings. The molecule has 0 saturated carbocycles. The second-order valence-corrected chi connectivity index (χ2v) is 7.63. The van der Waals surface area contributed by atoms with Gasteiger partial charge in [0.1, 0.15) is 16.5 Å². The molecule has 0 saturated heterocycles. The molecule has 27 heavy (non-hydrogen) atoms. The Hall–Kier alpha value is -2.41. The lowest BCUT2D eigenvalue weighted by atomic mass is 10.1. The van der Waals surface area contributed by atoms with Crippen LogP contribution in [0.5, 0.6) is 5.75 Å². The molecule has 0 aliphatic carbocycles. The SMILES string of the molecule is CCCCCCNC(=O)c1csc(CN2C(=O)COc3cc(C)ccc32)n1. The van der Waals surface area contributed by atoms with Crippen LogP contribution in [-0.4, -0.2) is 29.9 Å². The van der Waals surface area contributed by atoms with Gasteiger partial charge in [-0.25, -0.2) is 4.98 Å². The van der Waals surface area contributed by atoms with Gasteiger partial charge in [-0.15, -0.1) is 11.3 Å². The minimum Gasteiger partial charge on any atom is -0.482 e. The van der Waals surface area contributed by atoms with E-state index in [4.69, 9.17) is 4.74 Å². The zero-order chi connectivity index (χ0) is 19.2. The fourth-order valence-electron chi connectivity index (χ4n) is 2.95. The summed E-state index contributed by atoms with van der Waals surface area (Å²) >= 11 is 1.39. The average Bonchev–Trinajstić information content (AvgIpc) is 3.12. The van der Waals surface area contributed by atoms with Crippen LogP contribution in [0.2, 0.25) is 0 Å². The number of rotatable bonds is 8. The summed E-state index contributed by atoms with van der Waals surface area (Å²) in [6.45, 7) is 5.17. The van der Waals surface area contributed by atoms with Crippen molar-refractivity contribution in [1.82, 2.24) is 10.3 Å². The number of aryl methyl sites for hydroxylation is 1. The number of thiazole rings is 1. The van der Waals surface area contributed by atoms with Gasteiger partial charge in [0, 0.05) is 11.9 Å². The van der Waals surface area contributed by atoms with Crippen LogP contribution in [-0.2, 0) is 11.3 Å². The summed E-state index contributed by atoms with van der Waals surface area (Å²) in [4.78, 5) is 30.6. The summed E-state index contributed by atoms with van der Waals surface area (Å²) in [5, 5.41) is 5.39. The molecule has 144 valence electrons. The van der Waals surface area contributed by atoms with Crippen LogP contribution in [0.3, 0.4) is 0 Å². The van der Waals surface area contributed by atoms with E-state index in [1.165, 1.54) is 24.2 Å². The first kappa shape index (κ1) is 19.4. The van der Waals surface area contributed by atoms with Crippen LogP contribution in [0.25, 0.3) is 0 Å². The summed E-state index contributed by atoms with van der Waals surface area (Å²) in [6.07, 6.45) is 4.46. The van der Waals surface area contributed by atoms with Gasteiger partial charge in [-0.2, -0.15) is 0 Å². The number of nitrogens with zero attached hydrogens (tertiary/aromatic N) is 2. The van der Waals surface area contributed by atoms with Crippen molar-refractivity contribution >= 4 is 28.8 Å². The van der Waals surface area contributed by atoms with Crippen molar-refractivity contribution in [2.24, 2.45) is 0 Å². The summed E-state index contributed by atoms with van der Waals surface area (Å²) in [5.41, 5.74) is 2.24. The number of hydrogen-bond acceptors (Lipinski definition) is 5. The van der Waals surface area contributed by atoms with Crippen LogP contribution < -0.4 is 15.0 Å². The summed E-state index contributed by atoms with van der Waals surface area (Å²) < 4.78 is 5.53. The lowest BCUT2D eigenvalue weighted by Crippen LogP contribution is -2.38. The lowest BCUT2D eigenvalue weighted by molar-refractivity contribution is -0.121. The summed E-state index contributed by atoms with van der Waals surface area (Å²) in [6, 6.07) is 5.76. The molecule has 1 aromatic carbocycles. The number of unbranched alkanes of at least 4 members (excludes halogenated alkanes) is 3. The fourth-order valence-corrected chi connectivity index (χ4v) is 3.71. The Labute approximate surface area is 163 Å². The standard InChI is InChI=1S/C20H25N3O3S/c1-3-4-5-6-9-21-20(25)15-13-27-18(22-15)11-23-16-8-7-14(2)10-17(16)26-12-19(23)24/h7-8,10,13H,3-6,9,11-12H2,1-2H3,(H,21,25). The lowest BCUT2D eigenvalue weighted by Gasteiger charge is -2.28. The van der Waals surface area contributed by atoms with Crippen molar-refractivity contribution in [2.75, 3.05) is 18.1 Å². The van der Waals surface area contributed by atoms with Crippen molar-refractivity contribution in [2.45, 2.75) is 46.1 Å². The van der Waals surface area contributed by atoms with Gasteiger partial charge in [0.05, 0.1) is 12.2 Å². The maximum absolute atomic E-state index is 12.3. The highest BCUT2D eigenvalue weighted by Crippen LogP contribution is 2.34. The molecule has 0 bridgehead atoms. The topological polar surface area (TPSA) is 71.5 Å². The molecule has 1 aliphatic heterocycles. The van der Waals surface area contributed by atoms with Gasteiger partial charge in [0.15, 0.2) is 6.61 Å². The van der Waals surface area contributed by atoms with Gasteiger partial charge in [0.2, 0.25) is 0 Å². The molecule has 6 nitrogen and oxygen atoms in total. The molecule has 1 aliphatic rings. The number of anilines is 1. The van der Waals surface area contributed by atoms with E-state index in [0.717, 1.165) is 29.1 Å². The van der Waals surface area contributed by atoms with Crippen molar-refractivity contribution in [3.8, 4) is 5.75 Å². The summed E-state index contributed by atoms with van der Waals surface area (Å²) in [5.74, 6) is 0.443. The monoisotopic (exact) mass is 387 g/mol. The minimum atomic E-state index is -0.154. The Bertz CT molecular complexity index is 819. The highest BCUT2D eigenvalue weighted by Gasteiger charge is 2.26. The van der Waals surface area contributed by atoms with E-state index in [-0.39, 0.29) is 18.4 Å². The molecule has 1 aromatic heterocycles. The van der Waals surface area contributed by atoms with E-state index in [2.05, 4.69) is 17.2 Å². The number of aromatic nitrogens is 1. The quantitative estimate of drug-likeness (QED) is 0.701. The molecule has 0 spiro atoms. The van der Waals surface area contributed by atoms with E-state index >= 15 is 0 Å². The minimum absolute atomic E-state index is 0.0208. The Morgan fingerprint density at radius 2 is 2.19 bits per heavy atom.